The molecule has 0 aliphatic carbocycles. The maximum absolute atomic E-state index is 14.5. The van der Waals surface area contributed by atoms with Crippen molar-refractivity contribution in [2.24, 2.45) is 5.11 Å². The van der Waals surface area contributed by atoms with Gasteiger partial charge in [-0.15, -0.1) is 0 Å². The molecule has 0 atom stereocenters. The summed E-state index contributed by atoms with van der Waals surface area (Å²) >= 11 is 0. The molecule has 0 heterocycles. The van der Waals surface area contributed by atoms with E-state index in [0.717, 1.165) is 18.7 Å². The van der Waals surface area contributed by atoms with Gasteiger partial charge in [0, 0.05) is 10.5 Å². The summed E-state index contributed by atoms with van der Waals surface area (Å²) in [5.74, 6) is -1.50. The molecule has 6 nitrogen and oxygen atoms in total. The summed E-state index contributed by atoms with van der Waals surface area (Å²) in [6, 6.07) is 13.8. The quantitative estimate of drug-likeness (QED) is 0.262. The number of carbonyl (C=O) groups excluding carboxylic acids is 1. The lowest BCUT2D eigenvalue weighted by atomic mass is 10.1. The Labute approximate surface area is 137 Å². The number of esters is 1. The molecular weight excluding hydrogens is 313 g/mol. The van der Waals surface area contributed by atoms with E-state index in [4.69, 9.17) is 10.3 Å². The molecule has 2 rings (SSSR count). The molecule has 0 bridgehead atoms. The van der Waals surface area contributed by atoms with Gasteiger partial charge >= 0.3 is 5.97 Å². The van der Waals surface area contributed by atoms with Gasteiger partial charge in [-0.05, 0) is 23.2 Å². The van der Waals surface area contributed by atoms with E-state index in [9.17, 15) is 9.18 Å². The monoisotopic (exact) mass is 327 g/mol. The predicted molar refractivity (Wildman–Crippen MR) is 86.3 cm³/mol. The first kappa shape index (κ1) is 17.1. The van der Waals surface area contributed by atoms with E-state index in [1.165, 1.54) is 12.1 Å². The Morgan fingerprint density at radius 1 is 1.25 bits per heavy atom. The van der Waals surface area contributed by atoms with Gasteiger partial charge in [-0.3, -0.25) is 0 Å². The van der Waals surface area contributed by atoms with Gasteiger partial charge in [0.25, 0.3) is 0 Å². The Hall–Kier alpha value is -3.31. The second-order valence-electron chi connectivity index (χ2n) is 4.64. The van der Waals surface area contributed by atoms with E-state index in [1.807, 2.05) is 30.3 Å². The van der Waals surface area contributed by atoms with Crippen LogP contribution in [0.15, 0.2) is 59.3 Å². The zero-order chi connectivity index (χ0) is 17.4. The second-order valence-corrected chi connectivity index (χ2v) is 4.64. The highest BCUT2D eigenvalue weighted by molar-refractivity contribution is 5.93. The fraction of sp³-hybridized carbons (Fsp3) is 0.118. The maximum Gasteiger partial charge on any atom is 0.340 e. The third-order valence-electron chi connectivity index (χ3n) is 3.07. The number of hydrogen-bond acceptors (Lipinski definition) is 4. The number of benzene rings is 2. The zero-order valence-corrected chi connectivity index (χ0v) is 12.8. The van der Waals surface area contributed by atoms with Crippen LogP contribution in [0.3, 0.4) is 0 Å². The van der Waals surface area contributed by atoms with Crippen molar-refractivity contribution >= 4 is 12.0 Å². The van der Waals surface area contributed by atoms with Crippen LogP contribution in [0.4, 0.5) is 4.39 Å². The van der Waals surface area contributed by atoms with Crippen molar-refractivity contribution in [3.8, 4) is 5.75 Å². The topological polar surface area (TPSA) is 84.3 Å². The van der Waals surface area contributed by atoms with E-state index in [-0.39, 0.29) is 23.6 Å². The molecule has 122 valence electrons. The lowest BCUT2D eigenvalue weighted by Crippen LogP contribution is -2.03. The lowest BCUT2D eigenvalue weighted by molar-refractivity contribution is -0.136. The second kappa shape index (κ2) is 8.36. The number of nitrogens with zero attached hydrogens (tertiary/aromatic N) is 3. The highest BCUT2D eigenvalue weighted by atomic mass is 19.1. The first-order valence-electron chi connectivity index (χ1n) is 6.96. The van der Waals surface area contributed by atoms with Crippen molar-refractivity contribution in [3.63, 3.8) is 0 Å². The largest absolute Gasteiger partial charge is 0.486 e. The van der Waals surface area contributed by atoms with Gasteiger partial charge in [0.15, 0.2) is 11.6 Å². The number of azide groups is 1. The number of hydrogen-bond donors (Lipinski definition) is 0. The molecular formula is C17H14FN3O3. The van der Waals surface area contributed by atoms with Gasteiger partial charge in [-0.1, -0.05) is 47.6 Å². The van der Waals surface area contributed by atoms with Crippen molar-refractivity contribution < 1.29 is 18.7 Å². The standard InChI is InChI=1S/C17H14FN3O3/c1-23-17(22)14(20-21-19)10-13-8-5-9-15(16(13)18)24-11-12-6-3-2-4-7-12/h2-10H,11H2,1H3. The molecule has 0 saturated carbocycles. The smallest absolute Gasteiger partial charge is 0.340 e. The summed E-state index contributed by atoms with van der Waals surface area (Å²) in [7, 11) is 1.14. The third kappa shape index (κ3) is 4.34. The Bertz CT molecular complexity index is 800. The van der Waals surface area contributed by atoms with E-state index in [1.54, 1.807) is 6.07 Å². The molecule has 0 aliphatic rings. The fourth-order valence-corrected chi connectivity index (χ4v) is 1.91. The molecule has 0 saturated heterocycles. The van der Waals surface area contributed by atoms with Crippen molar-refractivity contribution in [2.75, 3.05) is 7.11 Å². The Morgan fingerprint density at radius 2 is 2.00 bits per heavy atom. The maximum atomic E-state index is 14.5. The molecule has 0 spiro atoms. The van der Waals surface area contributed by atoms with Crippen molar-refractivity contribution in [1.29, 1.82) is 0 Å². The first-order chi connectivity index (χ1) is 11.7. The molecule has 0 unspecified atom stereocenters. The highest BCUT2D eigenvalue weighted by Crippen LogP contribution is 2.24. The Kier molecular flexibility index (Phi) is 5.94. The summed E-state index contributed by atoms with van der Waals surface area (Å²) in [6.45, 7) is 0.200. The number of methoxy groups -OCH3 is 1. The SMILES string of the molecule is COC(=O)C(=Cc1cccc(OCc2ccccc2)c1F)N=[N+]=[N-]. The molecule has 0 radical (unpaired) electrons. The van der Waals surface area contributed by atoms with Crippen molar-refractivity contribution in [1.82, 2.24) is 0 Å². The first-order valence-corrected chi connectivity index (χ1v) is 6.96. The van der Waals surface area contributed by atoms with Gasteiger partial charge in [-0.2, -0.15) is 0 Å². The normalized spacial score (nSPS) is 10.7. The summed E-state index contributed by atoms with van der Waals surface area (Å²) in [4.78, 5) is 14.0. The molecule has 0 fully saturated rings. The van der Waals surface area contributed by atoms with Gasteiger partial charge < -0.3 is 9.47 Å². The predicted octanol–water partition coefficient (Wildman–Crippen LogP) is 4.23. The van der Waals surface area contributed by atoms with Gasteiger partial charge in [0.2, 0.25) is 0 Å². The average Bonchev–Trinajstić information content (AvgIpc) is 2.62. The van der Waals surface area contributed by atoms with Crippen LogP contribution in [-0.4, -0.2) is 13.1 Å². The average molecular weight is 327 g/mol. The van der Waals surface area contributed by atoms with E-state index < -0.39 is 11.8 Å². The molecule has 7 heteroatoms. The van der Waals surface area contributed by atoms with Gasteiger partial charge in [0.05, 0.1) is 7.11 Å². The number of ether oxygens (including phenoxy) is 2. The zero-order valence-electron chi connectivity index (χ0n) is 12.8. The van der Waals surface area contributed by atoms with E-state index in [2.05, 4.69) is 14.8 Å². The van der Waals surface area contributed by atoms with Gasteiger partial charge in [-0.25, -0.2) is 9.18 Å². The van der Waals surface area contributed by atoms with Crippen LogP contribution in [0.25, 0.3) is 16.5 Å². The summed E-state index contributed by atoms with van der Waals surface area (Å²) < 4.78 is 24.4. The Morgan fingerprint density at radius 3 is 2.67 bits per heavy atom. The van der Waals surface area contributed by atoms with Crippen LogP contribution in [0.5, 0.6) is 5.75 Å². The van der Waals surface area contributed by atoms with Gasteiger partial charge in [0.1, 0.15) is 12.3 Å². The summed E-state index contributed by atoms with van der Waals surface area (Å²) in [5.41, 5.74) is 9.08. The molecule has 0 amide bonds. The molecule has 2 aromatic carbocycles. The third-order valence-corrected chi connectivity index (χ3v) is 3.07. The van der Waals surface area contributed by atoms with Crippen molar-refractivity contribution in [2.45, 2.75) is 6.61 Å². The highest BCUT2D eigenvalue weighted by Gasteiger charge is 2.12. The minimum absolute atomic E-state index is 0.0257. The van der Waals surface area contributed by atoms with E-state index in [0.29, 0.717) is 0 Å². The molecule has 24 heavy (non-hydrogen) atoms. The summed E-state index contributed by atoms with van der Waals surface area (Å²) in [6.07, 6.45) is 1.11. The van der Waals surface area contributed by atoms with Crippen LogP contribution in [0.1, 0.15) is 11.1 Å². The molecule has 0 aromatic heterocycles. The van der Waals surface area contributed by atoms with Crippen LogP contribution < -0.4 is 4.74 Å². The molecule has 2 aromatic rings. The van der Waals surface area contributed by atoms with Crippen LogP contribution >= 0.6 is 0 Å². The summed E-state index contributed by atoms with van der Waals surface area (Å²) in [5, 5.41) is 3.21. The fourth-order valence-electron chi connectivity index (χ4n) is 1.91. The molecule has 0 aliphatic heterocycles. The number of carbonyl (C=O) groups is 1. The lowest BCUT2D eigenvalue weighted by Gasteiger charge is -2.09. The minimum Gasteiger partial charge on any atom is -0.486 e. The van der Waals surface area contributed by atoms with Crippen LogP contribution in [-0.2, 0) is 16.1 Å². The minimum atomic E-state index is -0.859. The van der Waals surface area contributed by atoms with Crippen LogP contribution in [0.2, 0.25) is 0 Å². The van der Waals surface area contributed by atoms with Crippen molar-refractivity contribution in [3.05, 3.63) is 81.6 Å². The van der Waals surface area contributed by atoms with E-state index >= 15 is 0 Å². The van der Waals surface area contributed by atoms with Crippen LogP contribution in [0, 0.1) is 5.82 Å². The molecule has 0 N–H and O–H groups in total. The number of halogens is 1. The number of rotatable bonds is 6. The Balaban J connectivity index is 2.26.